The second-order valence-electron chi connectivity index (χ2n) is 1.63. The van der Waals surface area contributed by atoms with E-state index < -0.39 is 22.4 Å². The largest absolute Gasteiger partial charge is 0.465 e. The van der Waals surface area contributed by atoms with Crippen LogP contribution in [0.15, 0.2) is 0 Å². The van der Waals surface area contributed by atoms with Crippen LogP contribution in [0.4, 0.5) is 4.79 Å². The van der Waals surface area contributed by atoms with Gasteiger partial charge < -0.3 is 10.4 Å². The first-order valence-electron chi connectivity index (χ1n) is 2.45. The van der Waals surface area contributed by atoms with Crippen molar-refractivity contribution >= 4 is 21.8 Å². The number of carbonyl (C=O) groups is 1. The highest BCUT2D eigenvalue weighted by Gasteiger charge is 2.00. The van der Waals surface area contributed by atoms with Gasteiger partial charge in [-0.15, -0.1) is 0 Å². The summed E-state index contributed by atoms with van der Waals surface area (Å²) in [4.78, 5) is 9.86. The number of rotatable bonds is 2. The van der Waals surface area contributed by atoms with Crippen LogP contribution in [0, 0.1) is 0 Å². The van der Waals surface area contributed by atoms with E-state index in [1.807, 2.05) is 5.32 Å². The van der Waals surface area contributed by atoms with Crippen LogP contribution >= 0.6 is 0 Å². The summed E-state index contributed by atoms with van der Waals surface area (Å²) in [7, 11) is -2.31. The average molecular weight is 165 g/mol. The number of nitrogens with one attached hydrogen (secondary N) is 1. The Hall–Kier alpha value is -1.04. The van der Waals surface area contributed by atoms with Gasteiger partial charge in [0, 0.05) is 0 Å². The molecule has 0 heterocycles. The molecule has 0 radical (unpaired) electrons. The van der Waals surface area contributed by atoms with E-state index in [-0.39, 0.29) is 0 Å². The molecule has 0 aliphatic rings. The molecule has 0 bridgehead atoms. The maximum Gasteiger partial charge on any atom is 0.405 e. The summed E-state index contributed by atoms with van der Waals surface area (Å²) in [5, 5.41) is 10.9. The van der Waals surface area contributed by atoms with Crippen LogP contribution < -0.4 is 5.32 Å². The molecule has 0 aromatic carbocycles. The zero-order valence-corrected chi connectivity index (χ0v) is 6.05. The molecule has 0 fully saturated rings. The summed E-state index contributed by atoms with van der Waals surface area (Å²) in [6, 6.07) is -0.671. The van der Waals surface area contributed by atoms with Crippen molar-refractivity contribution in [3.05, 3.63) is 0 Å². The van der Waals surface area contributed by atoms with Crippen molar-refractivity contribution < 1.29 is 18.3 Å². The monoisotopic (exact) mass is 165 g/mol. The Bertz CT molecular complexity index is 234. The van der Waals surface area contributed by atoms with Crippen LogP contribution in [0.2, 0.25) is 0 Å². The molecule has 0 rings (SSSR count). The molecule has 1 unspecified atom stereocenters. The van der Waals surface area contributed by atoms with E-state index >= 15 is 0 Å². The molecule has 5 nitrogen and oxygen atoms in total. The summed E-state index contributed by atoms with van der Waals surface area (Å²) < 4.78 is 19.8. The second-order valence-corrected chi connectivity index (χ2v) is 2.43. The van der Waals surface area contributed by atoms with Crippen molar-refractivity contribution in [2.45, 2.75) is 13.0 Å². The molecule has 0 saturated heterocycles. The first kappa shape index (κ1) is 8.96. The lowest BCUT2D eigenvalue weighted by Gasteiger charge is -2.00. The van der Waals surface area contributed by atoms with E-state index in [1.54, 1.807) is 0 Å². The number of amides is 1. The highest BCUT2D eigenvalue weighted by Crippen LogP contribution is 1.72. The lowest BCUT2D eigenvalue weighted by Crippen LogP contribution is -2.32. The predicted molar refractivity (Wildman–Crippen MR) is 35.6 cm³/mol. The fourth-order valence-electron chi connectivity index (χ4n) is 0.395. The first-order chi connectivity index (χ1) is 4.52. The van der Waals surface area contributed by atoms with Crippen molar-refractivity contribution in [1.29, 1.82) is 0 Å². The Labute approximate surface area is 59.2 Å². The van der Waals surface area contributed by atoms with Gasteiger partial charge in [0.05, 0.1) is 11.4 Å². The summed E-state index contributed by atoms with van der Waals surface area (Å²) in [6.07, 6.45) is -1.24. The van der Waals surface area contributed by atoms with Gasteiger partial charge in [-0.25, -0.2) is 4.79 Å². The van der Waals surface area contributed by atoms with E-state index in [2.05, 4.69) is 0 Å². The van der Waals surface area contributed by atoms with Crippen LogP contribution in [0.5, 0.6) is 0 Å². The molecule has 0 aromatic heterocycles. The molecule has 1 amide bonds. The van der Waals surface area contributed by atoms with Gasteiger partial charge in [-0.3, -0.25) is 0 Å². The molecular formula is C4H7NO4S. The Balaban J connectivity index is 3.99. The fraction of sp³-hybridized carbons (Fsp3) is 0.500. The second kappa shape index (κ2) is 3.89. The minimum absolute atomic E-state index is 0.671. The zero-order valence-electron chi connectivity index (χ0n) is 5.23. The van der Waals surface area contributed by atoms with Gasteiger partial charge >= 0.3 is 6.09 Å². The normalized spacial score (nSPS) is 11.7. The number of carboxylic acid groups (broad SMARTS) is 1. The van der Waals surface area contributed by atoms with Crippen LogP contribution in [0.1, 0.15) is 6.92 Å². The zero-order chi connectivity index (χ0) is 8.15. The van der Waals surface area contributed by atoms with Gasteiger partial charge in [0.25, 0.3) is 0 Å². The van der Waals surface area contributed by atoms with Crippen molar-refractivity contribution in [2.75, 3.05) is 0 Å². The third-order valence-electron chi connectivity index (χ3n) is 0.666. The number of hydrogen-bond acceptors (Lipinski definition) is 3. The Kier molecular flexibility index (Phi) is 3.48. The molecule has 0 saturated carbocycles. The van der Waals surface area contributed by atoms with Gasteiger partial charge in [-0.1, -0.05) is 0 Å². The topological polar surface area (TPSA) is 83.5 Å². The Morgan fingerprint density at radius 2 is 2.20 bits per heavy atom. The minimum Gasteiger partial charge on any atom is -0.465 e. The summed E-state index contributed by atoms with van der Waals surface area (Å²) in [6.45, 7) is 1.42. The molecule has 58 valence electrons. The summed E-state index contributed by atoms with van der Waals surface area (Å²) >= 11 is 0. The van der Waals surface area contributed by atoms with E-state index in [9.17, 15) is 13.2 Å². The van der Waals surface area contributed by atoms with Gasteiger partial charge in [0.2, 0.25) is 10.3 Å². The van der Waals surface area contributed by atoms with Crippen LogP contribution in [-0.2, 0) is 10.3 Å². The molecule has 0 aliphatic heterocycles. The van der Waals surface area contributed by atoms with Gasteiger partial charge in [0.1, 0.15) is 0 Å². The SMILES string of the molecule is CC(C=S(=O)=O)NC(=O)O. The van der Waals surface area contributed by atoms with Crippen LogP contribution in [-0.4, -0.2) is 31.0 Å². The maximum absolute atomic E-state index is 9.90. The molecule has 0 aliphatic carbocycles. The van der Waals surface area contributed by atoms with E-state index in [0.717, 1.165) is 5.37 Å². The first-order valence-corrected chi connectivity index (χ1v) is 3.58. The van der Waals surface area contributed by atoms with Crippen LogP contribution in [0.25, 0.3) is 0 Å². The lowest BCUT2D eigenvalue weighted by molar-refractivity contribution is 0.193. The molecule has 1 atom stereocenters. The van der Waals surface area contributed by atoms with Gasteiger partial charge in [0.15, 0.2) is 0 Å². The molecule has 10 heavy (non-hydrogen) atoms. The molecule has 0 spiro atoms. The molecule has 2 N–H and O–H groups in total. The minimum atomic E-state index is -2.31. The maximum atomic E-state index is 9.90. The third-order valence-corrected chi connectivity index (χ3v) is 1.30. The highest BCUT2D eigenvalue weighted by molar-refractivity contribution is 7.71. The van der Waals surface area contributed by atoms with E-state index in [4.69, 9.17) is 5.11 Å². The van der Waals surface area contributed by atoms with Crippen molar-refractivity contribution in [2.24, 2.45) is 0 Å². The lowest BCUT2D eigenvalue weighted by atomic mass is 10.4. The van der Waals surface area contributed by atoms with Crippen molar-refractivity contribution in [3.63, 3.8) is 0 Å². The standard InChI is InChI=1S/C4H7NO4S/c1-3(2-10(8)9)5-4(6)7/h2-3,5H,1H3,(H,6,7). The Morgan fingerprint density at radius 3 is 2.50 bits per heavy atom. The van der Waals surface area contributed by atoms with Crippen molar-refractivity contribution in [1.82, 2.24) is 5.32 Å². The van der Waals surface area contributed by atoms with E-state index in [1.165, 1.54) is 6.92 Å². The fourth-order valence-corrected chi connectivity index (χ4v) is 0.797. The number of hydrogen-bond donors (Lipinski definition) is 2. The summed E-state index contributed by atoms with van der Waals surface area (Å²) in [5.41, 5.74) is 0. The molecule has 0 aromatic rings. The highest BCUT2D eigenvalue weighted by atomic mass is 32.2. The summed E-state index contributed by atoms with van der Waals surface area (Å²) in [5.74, 6) is 0. The Morgan fingerprint density at radius 1 is 1.70 bits per heavy atom. The molecular weight excluding hydrogens is 158 g/mol. The van der Waals surface area contributed by atoms with Crippen LogP contribution in [0.3, 0.4) is 0 Å². The average Bonchev–Trinajstić information content (AvgIpc) is 1.58. The van der Waals surface area contributed by atoms with Gasteiger partial charge in [-0.05, 0) is 6.92 Å². The predicted octanol–water partition coefficient (Wildman–Crippen LogP) is -0.676. The molecule has 6 heteroatoms. The van der Waals surface area contributed by atoms with E-state index in [0.29, 0.717) is 0 Å². The quantitative estimate of drug-likeness (QED) is 0.531. The van der Waals surface area contributed by atoms with Gasteiger partial charge in [-0.2, -0.15) is 8.42 Å². The smallest absolute Gasteiger partial charge is 0.405 e. The van der Waals surface area contributed by atoms with Crippen molar-refractivity contribution in [3.8, 4) is 0 Å². The third kappa shape index (κ3) is 5.10.